The minimum absolute atomic E-state index is 0.212. The van der Waals surface area contributed by atoms with E-state index in [4.69, 9.17) is 14.4 Å². The molecule has 0 amide bonds. The van der Waals surface area contributed by atoms with Crippen molar-refractivity contribution in [2.24, 2.45) is 5.92 Å². The van der Waals surface area contributed by atoms with E-state index in [1.54, 1.807) is 21.6 Å². The fourth-order valence-corrected chi connectivity index (χ4v) is 9.01. The summed E-state index contributed by atoms with van der Waals surface area (Å²) >= 11 is 0. The van der Waals surface area contributed by atoms with Crippen LogP contribution in [-0.4, -0.2) is 61.8 Å². The normalized spacial score (nSPS) is 22.6. The van der Waals surface area contributed by atoms with Crippen LogP contribution in [0.2, 0.25) is 18.1 Å². The summed E-state index contributed by atoms with van der Waals surface area (Å²) in [5.41, 5.74) is 4.66. The molecule has 11 heteroatoms. The van der Waals surface area contributed by atoms with Gasteiger partial charge in [0, 0.05) is 37.6 Å². The molecule has 1 fully saturated rings. The number of aryl methyl sites for hydroxylation is 1. The number of benzene rings is 1. The third-order valence-electron chi connectivity index (χ3n) is 12.3. The molecule has 0 saturated heterocycles. The maximum atomic E-state index is 13.5. The molecule has 0 unspecified atom stereocenters. The topological polar surface area (TPSA) is 110 Å². The van der Waals surface area contributed by atoms with Crippen LogP contribution in [0, 0.1) is 5.92 Å². The van der Waals surface area contributed by atoms with Gasteiger partial charge in [-0.25, -0.2) is 19.3 Å². The molecule has 51 heavy (non-hydrogen) atoms. The minimum Gasteiger partial charge on any atom is -0.417 e. The van der Waals surface area contributed by atoms with Gasteiger partial charge in [-0.1, -0.05) is 45.9 Å². The third-order valence-corrected chi connectivity index (χ3v) is 16.8. The molecule has 1 aliphatic heterocycles. The Morgan fingerprint density at radius 3 is 2.57 bits per heavy atom. The molecule has 4 aromatic rings. The van der Waals surface area contributed by atoms with E-state index in [2.05, 4.69) is 73.8 Å². The summed E-state index contributed by atoms with van der Waals surface area (Å²) in [5.74, 6) is 1.63. The van der Waals surface area contributed by atoms with E-state index < -0.39 is 13.9 Å². The van der Waals surface area contributed by atoms with E-state index >= 15 is 0 Å². The zero-order valence-corrected chi connectivity index (χ0v) is 32.3. The summed E-state index contributed by atoms with van der Waals surface area (Å²) in [6, 6.07) is 11.1. The number of rotatable bonds is 10. The van der Waals surface area contributed by atoms with Crippen LogP contribution in [0.25, 0.3) is 16.9 Å². The van der Waals surface area contributed by atoms with Crippen molar-refractivity contribution in [1.29, 1.82) is 0 Å². The van der Waals surface area contributed by atoms with Crippen molar-refractivity contribution in [2.75, 3.05) is 18.5 Å². The van der Waals surface area contributed by atoms with Gasteiger partial charge in [0.05, 0.1) is 12.2 Å². The van der Waals surface area contributed by atoms with E-state index in [1.807, 2.05) is 19.1 Å². The van der Waals surface area contributed by atoms with E-state index in [0.717, 1.165) is 43.8 Å². The Hall–Kier alpha value is -3.64. The lowest BCUT2D eigenvalue weighted by molar-refractivity contribution is 0.0306. The number of pyridine rings is 1. The van der Waals surface area contributed by atoms with Crippen LogP contribution in [0.3, 0.4) is 0 Å². The first-order valence-electron chi connectivity index (χ1n) is 18.9. The average Bonchev–Trinajstić information content (AvgIpc) is 3.59. The SMILES string of the molecule is C=CCn1c(=O)c2cnc(Nc3ccc4c(c3)CCN(C3CCC(CO[Si](C)(C)C(C)(C)C)CC3)C4)nc2n1-c1ccc2c(n1)[C@@](O)(CC)CC2. The molecule has 1 aromatic carbocycles. The van der Waals surface area contributed by atoms with Crippen LogP contribution in [0.15, 0.2) is 54.0 Å². The summed E-state index contributed by atoms with van der Waals surface area (Å²) in [4.78, 5) is 30.5. The van der Waals surface area contributed by atoms with Gasteiger partial charge in [-0.3, -0.25) is 9.69 Å². The van der Waals surface area contributed by atoms with Crippen LogP contribution in [0.5, 0.6) is 0 Å². The second-order valence-electron chi connectivity index (χ2n) is 16.6. The van der Waals surface area contributed by atoms with Crippen LogP contribution < -0.4 is 10.9 Å². The number of nitrogens with one attached hydrogen (secondary N) is 1. The standard InChI is InChI=1S/C40H55N7O3Si/c1-8-21-46-37(48)33-24-41-38(44-36(33)47(46)34-17-13-28-18-20-40(49,9-2)35(28)43-34)42-31-14-12-30-25-45(22-19-29(30)23-31)32-15-10-27(11-16-32)26-50-51(6,7)39(3,4)5/h8,12-14,17,23-24,27,32,49H,1,9-11,15-16,18-22,25-26H2,2-7H3,(H,41,42,44)/t27?,32?,40-/m1/s1. The molecule has 3 aromatic heterocycles. The summed E-state index contributed by atoms with van der Waals surface area (Å²) in [7, 11) is -1.70. The molecule has 1 saturated carbocycles. The maximum Gasteiger partial charge on any atom is 0.278 e. The highest BCUT2D eigenvalue weighted by Crippen LogP contribution is 2.40. The Balaban J connectivity index is 1.05. The summed E-state index contributed by atoms with van der Waals surface area (Å²) in [6.07, 6.45) is 11.3. The van der Waals surface area contributed by atoms with Crippen molar-refractivity contribution in [2.45, 2.75) is 122 Å². The zero-order valence-electron chi connectivity index (χ0n) is 31.3. The van der Waals surface area contributed by atoms with Crippen molar-refractivity contribution < 1.29 is 9.53 Å². The Bertz CT molecular complexity index is 1990. The molecule has 10 nitrogen and oxygen atoms in total. The number of nitrogens with zero attached hydrogens (tertiary/aromatic N) is 6. The Labute approximate surface area is 303 Å². The molecule has 7 rings (SSSR count). The molecular weight excluding hydrogens is 655 g/mol. The van der Waals surface area contributed by atoms with Crippen molar-refractivity contribution in [3.05, 3.63) is 81.9 Å². The first-order valence-corrected chi connectivity index (χ1v) is 21.8. The Kier molecular flexibility index (Phi) is 9.62. The highest BCUT2D eigenvalue weighted by Gasteiger charge is 2.39. The average molecular weight is 710 g/mol. The van der Waals surface area contributed by atoms with Crippen molar-refractivity contribution in [3.63, 3.8) is 0 Å². The predicted octanol–water partition coefficient (Wildman–Crippen LogP) is 7.39. The minimum atomic E-state index is -1.70. The van der Waals surface area contributed by atoms with Gasteiger partial charge in [0.2, 0.25) is 5.95 Å². The summed E-state index contributed by atoms with van der Waals surface area (Å²) in [5, 5.41) is 15.3. The van der Waals surface area contributed by atoms with E-state index in [9.17, 15) is 9.90 Å². The molecule has 4 heterocycles. The van der Waals surface area contributed by atoms with Crippen molar-refractivity contribution >= 4 is 31.0 Å². The van der Waals surface area contributed by atoms with E-state index in [0.29, 0.717) is 53.3 Å². The highest BCUT2D eigenvalue weighted by molar-refractivity contribution is 6.74. The summed E-state index contributed by atoms with van der Waals surface area (Å²) < 4.78 is 9.89. The number of hydrogen-bond donors (Lipinski definition) is 2. The number of allylic oxidation sites excluding steroid dienone is 1. The smallest absolute Gasteiger partial charge is 0.278 e. The van der Waals surface area contributed by atoms with Crippen molar-refractivity contribution in [1.82, 2.24) is 29.2 Å². The Morgan fingerprint density at radius 1 is 1.08 bits per heavy atom. The second kappa shape index (κ2) is 13.7. The molecular formula is C40H55N7O3Si. The predicted molar refractivity (Wildman–Crippen MR) is 206 cm³/mol. The fraction of sp³-hybridized carbons (Fsp3) is 0.550. The number of anilines is 2. The van der Waals surface area contributed by atoms with Gasteiger partial charge < -0.3 is 14.8 Å². The van der Waals surface area contributed by atoms with Crippen LogP contribution in [0.1, 0.15) is 88.6 Å². The van der Waals surface area contributed by atoms with Crippen molar-refractivity contribution in [3.8, 4) is 5.82 Å². The first kappa shape index (κ1) is 35.7. The van der Waals surface area contributed by atoms with E-state index in [-0.39, 0.29) is 17.1 Å². The lowest BCUT2D eigenvalue weighted by Crippen LogP contribution is -2.44. The molecule has 2 aliphatic carbocycles. The van der Waals surface area contributed by atoms with Gasteiger partial charge in [-0.2, -0.15) is 4.98 Å². The fourth-order valence-electron chi connectivity index (χ4n) is 7.93. The quantitative estimate of drug-likeness (QED) is 0.130. The lowest BCUT2D eigenvalue weighted by Gasteiger charge is -2.41. The number of aliphatic hydroxyl groups is 1. The van der Waals surface area contributed by atoms with Gasteiger partial charge >= 0.3 is 0 Å². The van der Waals surface area contributed by atoms with Crippen LogP contribution in [-0.2, 0) is 36.0 Å². The maximum absolute atomic E-state index is 13.5. The highest BCUT2D eigenvalue weighted by atomic mass is 28.4. The molecule has 0 radical (unpaired) electrons. The van der Waals surface area contributed by atoms with Gasteiger partial charge in [0.1, 0.15) is 11.0 Å². The Morgan fingerprint density at radius 2 is 1.84 bits per heavy atom. The monoisotopic (exact) mass is 709 g/mol. The van der Waals surface area contributed by atoms with Crippen LogP contribution >= 0.6 is 0 Å². The molecule has 0 spiro atoms. The zero-order chi connectivity index (χ0) is 36.1. The molecule has 1 atom stereocenters. The molecule has 2 N–H and O–H groups in total. The lowest BCUT2D eigenvalue weighted by atomic mass is 9.84. The van der Waals surface area contributed by atoms with Gasteiger partial charge in [-0.05, 0) is 110 Å². The second-order valence-corrected chi connectivity index (χ2v) is 21.4. The third kappa shape index (κ3) is 6.85. The van der Waals surface area contributed by atoms with Gasteiger partial charge in [0.25, 0.3) is 5.56 Å². The molecule has 3 aliphatic rings. The molecule has 272 valence electrons. The summed E-state index contributed by atoms with van der Waals surface area (Å²) in [6.45, 7) is 20.8. The number of aromatic nitrogens is 5. The number of hydrogen-bond acceptors (Lipinski definition) is 8. The van der Waals surface area contributed by atoms with Gasteiger partial charge in [-0.15, -0.1) is 6.58 Å². The largest absolute Gasteiger partial charge is 0.417 e. The molecule has 0 bridgehead atoms. The first-order chi connectivity index (χ1) is 24.3. The number of fused-ring (bicyclic) bond motifs is 3. The van der Waals surface area contributed by atoms with Gasteiger partial charge in [0.15, 0.2) is 19.8 Å². The van der Waals surface area contributed by atoms with Crippen LogP contribution in [0.4, 0.5) is 11.6 Å². The van der Waals surface area contributed by atoms with E-state index in [1.165, 1.54) is 36.8 Å².